The zero-order valence-corrected chi connectivity index (χ0v) is 18.2. The van der Waals surface area contributed by atoms with Crippen LogP contribution < -0.4 is 5.32 Å². The molecule has 1 aromatic heterocycles. The SMILES string of the molecule is Brc1ccc(/C=C2\CCCC3=C2Nc2ncnn2[C@H]3c2ccc(Br)cc2)cc1. The number of nitrogens with one attached hydrogen (secondary N) is 1. The molecule has 6 heteroatoms. The van der Waals surface area contributed by atoms with Gasteiger partial charge < -0.3 is 5.32 Å². The Balaban J connectivity index is 1.63. The summed E-state index contributed by atoms with van der Waals surface area (Å²) >= 11 is 7.06. The average molecular weight is 498 g/mol. The summed E-state index contributed by atoms with van der Waals surface area (Å²) in [6, 6.07) is 17.1. The summed E-state index contributed by atoms with van der Waals surface area (Å²) in [5.74, 6) is 0.801. The fourth-order valence-electron chi connectivity index (χ4n) is 4.04. The second-order valence-electron chi connectivity index (χ2n) is 7.08. The monoisotopic (exact) mass is 496 g/mol. The number of nitrogens with zero attached hydrogens (tertiary/aromatic N) is 3. The molecule has 0 fully saturated rings. The van der Waals surface area contributed by atoms with Crippen LogP contribution in [-0.2, 0) is 0 Å². The van der Waals surface area contributed by atoms with Crippen LogP contribution in [0.25, 0.3) is 6.08 Å². The lowest BCUT2D eigenvalue weighted by Crippen LogP contribution is -2.28. The number of hydrogen-bond acceptors (Lipinski definition) is 3. The van der Waals surface area contributed by atoms with E-state index in [4.69, 9.17) is 0 Å². The summed E-state index contributed by atoms with van der Waals surface area (Å²) in [6.07, 6.45) is 7.17. The highest BCUT2D eigenvalue weighted by Crippen LogP contribution is 2.43. The van der Waals surface area contributed by atoms with Crippen molar-refractivity contribution in [2.75, 3.05) is 5.32 Å². The van der Waals surface area contributed by atoms with Crippen molar-refractivity contribution in [1.29, 1.82) is 0 Å². The minimum atomic E-state index is 0.0791. The average Bonchev–Trinajstić information content (AvgIpc) is 3.17. The van der Waals surface area contributed by atoms with E-state index < -0.39 is 0 Å². The van der Waals surface area contributed by atoms with E-state index in [1.807, 2.05) is 4.68 Å². The van der Waals surface area contributed by atoms with Crippen LogP contribution in [0.5, 0.6) is 0 Å². The highest BCUT2D eigenvalue weighted by molar-refractivity contribution is 9.10. The van der Waals surface area contributed by atoms with Crippen molar-refractivity contribution < 1.29 is 0 Å². The van der Waals surface area contributed by atoms with Gasteiger partial charge in [0, 0.05) is 14.6 Å². The third kappa shape index (κ3) is 3.25. The van der Waals surface area contributed by atoms with Gasteiger partial charge in [-0.2, -0.15) is 10.1 Å². The molecule has 1 atom stereocenters. The highest BCUT2D eigenvalue weighted by Gasteiger charge is 2.33. The van der Waals surface area contributed by atoms with Gasteiger partial charge in [0.2, 0.25) is 5.95 Å². The van der Waals surface area contributed by atoms with Gasteiger partial charge in [-0.05, 0) is 71.9 Å². The molecule has 1 N–H and O–H groups in total. The largest absolute Gasteiger partial charge is 0.324 e. The van der Waals surface area contributed by atoms with Crippen molar-refractivity contribution in [1.82, 2.24) is 14.8 Å². The molecule has 4 nitrogen and oxygen atoms in total. The summed E-state index contributed by atoms with van der Waals surface area (Å²) in [5, 5.41) is 8.07. The van der Waals surface area contributed by atoms with Crippen LogP contribution in [0.3, 0.4) is 0 Å². The second kappa shape index (κ2) is 7.33. The number of rotatable bonds is 2. The van der Waals surface area contributed by atoms with Crippen molar-refractivity contribution in [2.24, 2.45) is 0 Å². The normalized spacial score (nSPS) is 19.9. The van der Waals surface area contributed by atoms with Gasteiger partial charge in [-0.1, -0.05) is 56.1 Å². The van der Waals surface area contributed by atoms with E-state index >= 15 is 0 Å². The highest BCUT2D eigenvalue weighted by atomic mass is 79.9. The molecular formula is C22H18Br2N4. The Morgan fingerprint density at radius 1 is 0.964 bits per heavy atom. The molecule has 0 amide bonds. The molecule has 5 rings (SSSR count). The number of allylic oxidation sites excluding steroid dienone is 2. The first-order valence-corrected chi connectivity index (χ1v) is 10.9. The number of aromatic nitrogens is 3. The number of benzene rings is 2. The third-order valence-electron chi connectivity index (χ3n) is 5.32. The maximum absolute atomic E-state index is 4.52. The van der Waals surface area contributed by atoms with Crippen molar-refractivity contribution in [3.8, 4) is 0 Å². The fraction of sp³-hybridized carbons (Fsp3) is 0.182. The molecular weight excluding hydrogens is 480 g/mol. The van der Waals surface area contributed by atoms with E-state index in [0.717, 1.165) is 34.2 Å². The van der Waals surface area contributed by atoms with Crippen LogP contribution in [0, 0.1) is 0 Å². The Morgan fingerprint density at radius 3 is 2.43 bits per heavy atom. The summed E-state index contributed by atoms with van der Waals surface area (Å²) in [4.78, 5) is 4.46. The predicted octanol–water partition coefficient (Wildman–Crippen LogP) is 6.34. The molecule has 0 spiro atoms. The van der Waals surface area contributed by atoms with Gasteiger partial charge in [0.15, 0.2) is 0 Å². The van der Waals surface area contributed by atoms with Gasteiger partial charge in [-0.3, -0.25) is 0 Å². The Hall–Kier alpha value is -2.18. The lowest BCUT2D eigenvalue weighted by atomic mass is 9.83. The van der Waals surface area contributed by atoms with Gasteiger partial charge in [0.25, 0.3) is 0 Å². The first-order chi connectivity index (χ1) is 13.7. The van der Waals surface area contributed by atoms with E-state index in [2.05, 4.69) is 102 Å². The number of hydrogen-bond donors (Lipinski definition) is 1. The molecule has 2 aliphatic rings. The minimum Gasteiger partial charge on any atom is -0.324 e. The number of fused-ring (bicyclic) bond motifs is 1. The minimum absolute atomic E-state index is 0.0791. The smallest absolute Gasteiger partial charge is 0.226 e. The molecule has 0 radical (unpaired) electrons. The molecule has 2 heterocycles. The maximum Gasteiger partial charge on any atom is 0.226 e. The van der Waals surface area contributed by atoms with Gasteiger partial charge >= 0.3 is 0 Å². The fourth-order valence-corrected chi connectivity index (χ4v) is 4.57. The van der Waals surface area contributed by atoms with E-state index in [1.165, 1.54) is 28.0 Å². The van der Waals surface area contributed by atoms with Gasteiger partial charge in [-0.25, -0.2) is 4.68 Å². The standard InChI is InChI=1S/C22H18Br2N4/c23-17-8-4-14(5-9-17)12-16-2-1-3-19-20(16)27-22-25-13-26-28(22)21(19)15-6-10-18(24)11-7-15/h4-13,21H,1-3H2,(H,25,26,27)/b16-12+/t21-/m0/s1. The molecule has 28 heavy (non-hydrogen) atoms. The molecule has 1 aliphatic carbocycles. The van der Waals surface area contributed by atoms with Crippen molar-refractivity contribution in [3.63, 3.8) is 0 Å². The van der Waals surface area contributed by atoms with Crippen LogP contribution in [0.1, 0.15) is 36.4 Å². The van der Waals surface area contributed by atoms with E-state index in [9.17, 15) is 0 Å². The predicted molar refractivity (Wildman–Crippen MR) is 119 cm³/mol. The first-order valence-electron chi connectivity index (χ1n) is 9.30. The molecule has 3 aromatic rings. The molecule has 0 bridgehead atoms. The van der Waals surface area contributed by atoms with Crippen LogP contribution >= 0.6 is 31.9 Å². The molecule has 0 saturated carbocycles. The second-order valence-corrected chi connectivity index (χ2v) is 8.91. The Labute approximate surface area is 180 Å². The molecule has 2 aromatic carbocycles. The van der Waals surface area contributed by atoms with Crippen molar-refractivity contribution >= 4 is 43.9 Å². The van der Waals surface area contributed by atoms with Crippen LogP contribution in [0.15, 0.2) is 80.6 Å². The molecule has 140 valence electrons. The Bertz CT molecular complexity index is 1080. The molecule has 1 aliphatic heterocycles. The van der Waals surface area contributed by atoms with Gasteiger partial charge in [-0.15, -0.1) is 0 Å². The molecule has 0 unspecified atom stereocenters. The third-order valence-corrected chi connectivity index (χ3v) is 6.37. The zero-order chi connectivity index (χ0) is 19.1. The van der Waals surface area contributed by atoms with Gasteiger partial charge in [0.05, 0.1) is 0 Å². The summed E-state index contributed by atoms with van der Waals surface area (Å²) in [7, 11) is 0. The number of anilines is 1. The van der Waals surface area contributed by atoms with Crippen molar-refractivity contribution in [2.45, 2.75) is 25.3 Å². The van der Waals surface area contributed by atoms with E-state index in [0.29, 0.717) is 0 Å². The summed E-state index contributed by atoms with van der Waals surface area (Å²) < 4.78 is 4.18. The van der Waals surface area contributed by atoms with Gasteiger partial charge in [0.1, 0.15) is 12.4 Å². The zero-order valence-electron chi connectivity index (χ0n) is 15.1. The quantitative estimate of drug-likeness (QED) is 0.449. The van der Waals surface area contributed by atoms with E-state index in [-0.39, 0.29) is 6.04 Å². The lowest BCUT2D eigenvalue weighted by Gasteiger charge is -2.34. The first kappa shape index (κ1) is 17.9. The van der Waals surface area contributed by atoms with Crippen LogP contribution in [0.4, 0.5) is 5.95 Å². The number of halogens is 2. The molecule has 0 saturated heterocycles. The topological polar surface area (TPSA) is 42.7 Å². The summed E-state index contributed by atoms with van der Waals surface area (Å²) in [6.45, 7) is 0. The Kier molecular flexibility index (Phi) is 4.69. The Morgan fingerprint density at radius 2 is 1.68 bits per heavy atom. The van der Waals surface area contributed by atoms with Crippen LogP contribution in [-0.4, -0.2) is 14.8 Å². The van der Waals surface area contributed by atoms with Crippen LogP contribution in [0.2, 0.25) is 0 Å². The summed E-state index contributed by atoms with van der Waals surface area (Å²) in [5.41, 5.74) is 6.37. The maximum atomic E-state index is 4.52. The van der Waals surface area contributed by atoms with Crippen molar-refractivity contribution in [3.05, 3.63) is 91.8 Å². The van der Waals surface area contributed by atoms with E-state index in [1.54, 1.807) is 6.33 Å². The lowest BCUT2D eigenvalue weighted by molar-refractivity contribution is 0.538.